The molecule has 0 aliphatic heterocycles. The third kappa shape index (κ3) is 2.15. The van der Waals surface area contributed by atoms with E-state index in [4.69, 9.17) is 5.73 Å². The van der Waals surface area contributed by atoms with Gasteiger partial charge in [0, 0.05) is 20.7 Å². The smallest absolute Gasteiger partial charge is 0.139 e. The fraction of sp³-hybridized carbons (Fsp3) is 0. The Morgan fingerprint density at radius 3 is 2.63 bits per heavy atom. The van der Waals surface area contributed by atoms with E-state index in [9.17, 15) is 4.39 Å². The van der Waals surface area contributed by atoms with Gasteiger partial charge in [-0.3, -0.25) is 4.40 Å². The van der Waals surface area contributed by atoms with Crippen LogP contribution < -0.4 is 5.73 Å². The van der Waals surface area contributed by atoms with Crippen molar-refractivity contribution in [2.45, 2.75) is 0 Å². The van der Waals surface area contributed by atoms with Crippen molar-refractivity contribution in [1.82, 2.24) is 9.38 Å². The van der Waals surface area contributed by atoms with E-state index in [1.165, 1.54) is 6.07 Å². The molecule has 0 saturated carbocycles. The highest BCUT2D eigenvalue weighted by atomic mass is 79.9. The second-order valence-electron chi connectivity index (χ2n) is 4.05. The molecule has 0 radical (unpaired) electrons. The molecule has 2 aromatic heterocycles. The van der Waals surface area contributed by atoms with E-state index in [1.54, 1.807) is 22.7 Å². The minimum Gasteiger partial charge on any atom is -0.383 e. The molecule has 0 spiro atoms. The zero-order valence-corrected chi connectivity index (χ0v) is 12.7. The van der Waals surface area contributed by atoms with Crippen molar-refractivity contribution in [3.8, 4) is 11.3 Å². The van der Waals surface area contributed by atoms with Gasteiger partial charge in [0.25, 0.3) is 0 Å². The van der Waals surface area contributed by atoms with E-state index < -0.39 is 0 Å². The second kappa shape index (κ2) is 4.61. The Hall–Kier alpha value is -1.40. The third-order valence-corrected chi connectivity index (χ3v) is 3.77. The first kappa shape index (κ1) is 12.6. The number of anilines is 1. The Bertz CT molecular complexity index is 783. The van der Waals surface area contributed by atoms with Crippen LogP contribution in [0.15, 0.2) is 45.5 Å². The summed E-state index contributed by atoms with van der Waals surface area (Å²) >= 11 is 6.70. The summed E-state index contributed by atoms with van der Waals surface area (Å²) in [5.41, 5.74) is 7.56. The number of hydrogen-bond donors (Lipinski definition) is 1. The summed E-state index contributed by atoms with van der Waals surface area (Å²) in [5, 5.41) is 0. The molecule has 0 atom stereocenters. The Morgan fingerprint density at radius 1 is 1.11 bits per heavy atom. The van der Waals surface area contributed by atoms with Crippen LogP contribution in [0.3, 0.4) is 0 Å². The lowest BCUT2D eigenvalue weighted by molar-refractivity contribution is 0.630. The average molecular weight is 385 g/mol. The molecule has 0 unspecified atom stereocenters. The molecule has 6 heteroatoms. The largest absolute Gasteiger partial charge is 0.383 e. The maximum atomic E-state index is 13.9. The number of benzene rings is 1. The SMILES string of the molecule is Nc1c(-c2cc(Br)ccc2F)nc2ccc(Br)cn12. The highest BCUT2D eigenvalue weighted by molar-refractivity contribution is 9.10. The van der Waals surface area contributed by atoms with Gasteiger partial charge in [-0.1, -0.05) is 15.9 Å². The van der Waals surface area contributed by atoms with E-state index >= 15 is 0 Å². The number of nitrogens with zero attached hydrogens (tertiary/aromatic N) is 2. The topological polar surface area (TPSA) is 43.3 Å². The Balaban J connectivity index is 2.31. The van der Waals surface area contributed by atoms with Crippen molar-refractivity contribution >= 4 is 43.3 Å². The quantitative estimate of drug-likeness (QED) is 0.681. The maximum absolute atomic E-state index is 13.9. The zero-order chi connectivity index (χ0) is 13.6. The van der Waals surface area contributed by atoms with Gasteiger partial charge >= 0.3 is 0 Å². The monoisotopic (exact) mass is 383 g/mol. The molecule has 3 nitrogen and oxygen atoms in total. The standard InChI is InChI=1S/C13H8Br2FN3/c14-7-1-3-10(16)9(5-7)12-13(17)19-6-8(15)2-4-11(19)18-12/h1-6H,17H2. The molecule has 0 aliphatic carbocycles. The molecular weight excluding hydrogens is 377 g/mol. The van der Waals surface area contributed by atoms with Gasteiger partial charge in [-0.05, 0) is 46.3 Å². The fourth-order valence-corrected chi connectivity index (χ4v) is 2.61. The van der Waals surface area contributed by atoms with Crippen molar-refractivity contribution in [2.24, 2.45) is 0 Å². The molecule has 19 heavy (non-hydrogen) atoms. The highest BCUT2D eigenvalue weighted by Gasteiger charge is 2.15. The summed E-state index contributed by atoms with van der Waals surface area (Å²) < 4.78 is 17.3. The first-order chi connectivity index (χ1) is 9.06. The number of halogens is 3. The van der Waals surface area contributed by atoms with Crippen molar-refractivity contribution in [2.75, 3.05) is 5.73 Å². The van der Waals surface area contributed by atoms with Gasteiger partial charge in [0.2, 0.25) is 0 Å². The van der Waals surface area contributed by atoms with Gasteiger partial charge in [0.1, 0.15) is 23.0 Å². The average Bonchev–Trinajstić information content (AvgIpc) is 2.70. The van der Waals surface area contributed by atoms with E-state index in [-0.39, 0.29) is 5.82 Å². The molecule has 3 rings (SSSR count). The van der Waals surface area contributed by atoms with Crippen LogP contribution in [0, 0.1) is 5.82 Å². The number of imidazole rings is 1. The molecular formula is C13H8Br2FN3. The first-order valence-corrected chi connectivity index (χ1v) is 7.03. The molecule has 2 N–H and O–H groups in total. The second-order valence-corrected chi connectivity index (χ2v) is 5.88. The fourth-order valence-electron chi connectivity index (χ4n) is 1.91. The molecule has 0 bridgehead atoms. The number of hydrogen-bond acceptors (Lipinski definition) is 2. The van der Waals surface area contributed by atoms with Crippen molar-refractivity contribution < 1.29 is 4.39 Å². The van der Waals surface area contributed by atoms with Gasteiger partial charge in [-0.25, -0.2) is 9.37 Å². The van der Waals surface area contributed by atoms with Crippen molar-refractivity contribution in [3.63, 3.8) is 0 Å². The van der Waals surface area contributed by atoms with Crippen LogP contribution in [0.25, 0.3) is 16.9 Å². The summed E-state index contributed by atoms with van der Waals surface area (Å²) in [6, 6.07) is 8.38. The number of nitrogen functional groups attached to an aromatic ring is 1. The van der Waals surface area contributed by atoms with Gasteiger partial charge < -0.3 is 5.73 Å². The van der Waals surface area contributed by atoms with E-state index in [0.29, 0.717) is 22.7 Å². The van der Waals surface area contributed by atoms with Crippen molar-refractivity contribution in [1.29, 1.82) is 0 Å². The lowest BCUT2D eigenvalue weighted by Crippen LogP contribution is -1.95. The summed E-state index contributed by atoms with van der Waals surface area (Å²) in [6.07, 6.45) is 1.80. The van der Waals surface area contributed by atoms with E-state index in [1.807, 2.05) is 12.1 Å². The molecule has 0 aliphatic rings. The van der Waals surface area contributed by atoms with Crippen molar-refractivity contribution in [3.05, 3.63) is 51.3 Å². The summed E-state index contributed by atoms with van der Waals surface area (Å²) in [7, 11) is 0. The Morgan fingerprint density at radius 2 is 1.84 bits per heavy atom. The first-order valence-electron chi connectivity index (χ1n) is 5.45. The molecule has 1 aromatic carbocycles. The zero-order valence-electron chi connectivity index (χ0n) is 9.57. The maximum Gasteiger partial charge on any atom is 0.139 e. The summed E-state index contributed by atoms with van der Waals surface area (Å²) in [5.74, 6) is 0.0608. The predicted octanol–water partition coefficient (Wildman–Crippen LogP) is 4.25. The normalized spacial score (nSPS) is 11.1. The van der Waals surface area contributed by atoms with Crippen LogP contribution in [-0.4, -0.2) is 9.38 Å². The van der Waals surface area contributed by atoms with Crippen LogP contribution in [0.4, 0.5) is 10.2 Å². The number of rotatable bonds is 1. The van der Waals surface area contributed by atoms with Crippen LogP contribution in [0.1, 0.15) is 0 Å². The minimum absolute atomic E-state index is 0.350. The molecule has 0 fully saturated rings. The van der Waals surface area contributed by atoms with E-state index in [2.05, 4.69) is 36.8 Å². The lowest BCUT2D eigenvalue weighted by Gasteiger charge is -2.02. The van der Waals surface area contributed by atoms with Crippen LogP contribution in [-0.2, 0) is 0 Å². The van der Waals surface area contributed by atoms with Gasteiger partial charge in [0.15, 0.2) is 0 Å². The van der Waals surface area contributed by atoms with Crippen LogP contribution in [0.2, 0.25) is 0 Å². The van der Waals surface area contributed by atoms with Crippen LogP contribution in [0.5, 0.6) is 0 Å². The highest BCUT2D eigenvalue weighted by Crippen LogP contribution is 2.31. The number of pyridine rings is 1. The molecule has 96 valence electrons. The lowest BCUT2D eigenvalue weighted by atomic mass is 10.1. The predicted molar refractivity (Wildman–Crippen MR) is 80.4 cm³/mol. The molecule has 3 aromatic rings. The molecule has 0 saturated heterocycles. The molecule has 2 heterocycles. The summed E-state index contributed by atoms with van der Waals surface area (Å²) in [6.45, 7) is 0. The van der Waals surface area contributed by atoms with E-state index in [0.717, 1.165) is 8.95 Å². The number of aromatic nitrogens is 2. The Labute approximate surface area is 125 Å². The number of fused-ring (bicyclic) bond motifs is 1. The number of nitrogens with two attached hydrogens (primary N) is 1. The molecule has 0 amide bonds. The third-order valence-electron chi connectivity index (χ3n) is 2.80. The van der Waals surface area contributed by atoms with Gasteiger partial charge in [-0.15, -0.1) is 0 Å². The Kier molecular flexibility index (Phi) is 3.06. The summed E-state index contributed by atoms with van der Waals surface area (Å²) in [4.78, 5) is 4.38. The van der Waals surface area contributed by atoms with Crippen LogP contribution >= 0.6 is 31.9 Å². The van der Waals surface area contributed by atoms with Gasteiger partial charge in [-0.2, -0.15) is 0 Å². The van der Waals surface area contributed by atoms with Gasteiger partial charge in [0.05, 0.1) is 0 Å². The minimum atomic E-state index is -0.350.